The highest BCUT2D eigenvalue weighted by Crippen LogP contribution is 2.32. The number of carbonyl (C=O) groups is 1. The van der Waals surface area contributed by atoms with Gasteiger partial charge in [0, 0.05) is 30.2 Å². The first-order chi connectivity index (χ1) is 13.3. The van der Waals surface area contributed by atoms with Gasteiger partial charge in [-0.2, -0.15) is 0 Å². The van der Waals surface area contributed by atoms with Crippen LogP contribution in [0.3, 0.4) is 0 Å². The Hall–Kier alpha value is -2.83. The maximum atomic E-state index is 12.4. The van der Waals surface area contributed by atoms with E-state index in [1.54, 1.807) is 30.6 Å². The molecule has 1 amide bonds. The molecule has 7 heteroatoms. The van der Waals surface area contributed by atoms with E-state index in [9.17, 15) is 4.79 Å². The van der Waals surface area contributed by atoms with Crippen LogP contribution < -0.4 is 20.1 Å². The van der Waals surface area contributed by atoms with Gasteiger partial charge in [-0.3, -0.25) is 4.79 Å². The Morgan fingerprint density at radius 2 is 1.67 bits per heavy atom. The van der Waals surface area contributed by atoms with Crippen LogP contribution in [-0.2, 0) is 0 Å². The van der Waals surface area contributed by atoms with Crippen LogP contribution in [0.2, 0.25) is 0 Å². The largest absolute Gasteiger partial charge is 0.486 e. The molecule has 0 bridgehead atoms. The Labute approximate surface area is 158 Å². The summed E-state index contributed by atoms with van der Waals surface area (Å²) in [6, 6.07) is 5.76. The fraction of sp³-hybridized carbons (Fsp3) is 0.450. The first kappa shape index (κ1) is 17.6. The lowest BCUT2D eigenvalue weighted by atomic mass is 10.1. The third kappa shape index (κ3) is 4.48. The average Bonchev–Trinajstić information content (AvgIpc) is 2.97. The van der Waals surface area contributed by atoms with Crippen LogP contribution in [0.25, 0.3) is 0 Å². The highest BCUT2D eigenvalue weighted by atomic mass is 16.6. The highest BCUT2D eigenvalue weighted by Gasteiger charge is 2.15. The molecule has 7 nitrogen and oxygen atoms in total. The Bertz CT molecular complexity index is 786. The van der Waals surface area contributed by atoms with Crippen LogP contribution in [0.1, 0.15) is 48.9 Å². The van der Waals surface area contributed by atoms with Crippen molar-refractivity contribution in [3.8, 4) is 11.5 Å². The number of hydrogen-bond donors (Lipinski definition) is 2. The lowest BCUT2D eigenvalue weighted by Gasteiger charge is -2.19. The van der Waals surface area contributed by atoms with Crippen LogP contribution in [0.5, 0.6) is 11.5 Å². The summed E-state index contributed by atoms with van der Waals surface area (Å²) in [5.41, 5.74) is 1.06. The molecule has 0 saturated heterocycles. The van der Waals surface area contributed by atoms with Crippen LogP contribution in [-0.4, -0.2) is 35.1 Å². The normalized spacial score (nSPS) is 17.0. The second-order valence-corrected chi connectivity index (χ2v) is 6.94. The topological polar surface area (TPSA) is 85.4 Å². The van der Waals surface area contributed by atoms with Gasteiger partial charge in [0.2, 0.25) is 5.95 Å². The van der Waals surface area contributed by atoms with Crippen molar-refractivity contribution >= 4 is 17.5 Å². The highest BCUT2D eigenvalue weighted by molar-refractivity contribution is 6.04. The Kier molecular flexibility index (Phi) is 5.37. The first-order valence-corrected chi connectivity index (χ1v) is 9.57. The number of fused-ring (bicyclic) bond motifs is 1. The number of rotatable bonds is 4. The van der Waals surface area contributed by atoms with Gasteiger partial charge in [-0.25, -0.2) is 9.97 Å². The minimum Gasteiger partial charge on any atom is -0.486 e. The molecule has 1 aromatic heterocycles. The molecule has 0 radical (unpaired) electrons. The van der Waals surface area contributed by atoms with Gasteiger partial charge >= 0.3 is 0 Å². The van der Waals surface area contributed by atoms with Crippen molar-refractivity contribution in [2.45, 2.75) is 44.6 Å². The summed E-state index contributed by atoms with van der Waals surface area (Å²) in [7, 11) is 0. The number of hydrogen-bond acceptors (Lipinski definition) is 6. The average molecular weight is 368 g/mol. The number of benzene rings is 1. The molecule has 0 spiro atoms. The molecule has 2 heterocycles. The van der Waals surface area contributed by atoms with Gasteiger partial charge in [-0.15, -0.1) is 0 Å². The Balaban J connectivity index is 1.37. The van der Waals surface area contributed by atoms with Crippen molar-refractivity contribution in [1.29, 1.82) is 0 Å². The van der Waals surface area contributed by atoms with Crippen molar-refractivity contribution in [3.05, 3.63) is 36.2 Å². The number of nitrogens with one attached hydrogen (secondary N) is 2. The molecule has 1 fully saturated rings. The molecule has 2 aliphatic rings. The van der Waals surface area contributed by atoms with Crippen LogP contribution in [0.4, 0.5) is 11.6 Å². The van der Waals surface area contributed by atoms with Crippen LogP contribution in [0, 0.1) is 0 Å². The summed E-state index contributed by atoms with van der Waals surface area (Å²) in [5.74, 6) is 1.65. The number of ether oxygens (including phenoxy) is 2. The minimum absolute atomic E-state index is 0.257. The number of nitrogens with zero attached hydrogens (tertiary/aromatic N) is 2. The summed E-state index contributed by atoms with van der Waals surface area (Å²) in [6.07, 6.45) is 10.5. The van der Waals surface area contributed by atoms with Crippen molar-refractivity contribution < 1.29 is 14.3 Å². The van der Waals surface area contributed by atoms with Gasteiger partial charge in [0.25, 0.3) is 5.91 Å². The smallest absolute Gasteiger partial charge is 0.258 e. The number of anilines is 2. The van der Waals surface area contributed by atoms with Gasteiger partial charge in [0.1, 0.15) is 13.2 Å². The molecule has 4 rings (SSSR count). The maximum absolute atomic E-state index is 12.4. The molecule has 2 aromatic rings. The third-order valence-corrected chi connectivity index (χ3v) is 4.90. The number of carbonyl (C=O) groups excluding carboxylic acids is 1. The lowest BCUT2D eigenvalue weighted by Crippen LogP contribution is -2.20. The van der Waals surface area contributed by atoms with Crippen molar-refractivity contribution in [2.75, 3.05) is 23.8 Å². The maximum Gasteiger partial charge on any atom is 0.258 e. The molecule has 1 saturated carbocycles. The zero-order chi connectivity index (χ0) is 18.5. The molecule has 1 aliphatic carbocycles. The van der Waals surface area contributed by atoms with Gasteiger partial charge in [0.05, 0.1) is 5.56 Å². The summed E-state index contributed by atoms with van der Waals surface area (Å²) in [5, 5.41) is 6.23. The molecule has 0 unspecified atom stereocenters. The zero-order valence-corrected chi connectivity index (χ0v) is 15.2. The predicted octanol–water partition coefficient (Wildman–Crippen LogP) is 3.63. The van der Waals surface area contributed by atoms with Crippen LogP contribution >= 0.6 is 0 Å². The van der Waals surface area contributed by atoms with E-state index in [0.29, 0.717) is 48.0 Å². The van der Waals surface area contributed by atoms with Crippen molar-refractivity contribution in [1.82, 2.24) is 9.97 Å². The van der Waals surface area contributed by atoms with E-state index in [1.165, 1.54) is 25.7 Å². The van der Waals surface area contributed by atoms with E-state index >= 15 is 0 Å². The van der Waals surface area contributed by atoms with Gasteiger partial charge in [-0.05, 0) is 25.0 Å². The molecule has 1 aliphatic heterocycles. The zero-order valence-electron chi connectivity index (χ0n) is 15.2. The SMILES string of the molecule is O=C(Nc1ccc2c(c1)OCCO2)c1cnc(NC2CCCCCC2)nc1. The molecule has 0 atom stereocenters. The lowest BCUT2D eigenvalue weighted by molar-refractivity contribution is 0.102. The molecule has 142 valence electrons. The molecule has 27 heavy (non-hydrogen) atoms. The second-order valence-electron chi connectivity index (χ2n) is 6.94. The monoisotopic (exact) mass is 368 g/mol. The van der Waals surface area contributed by atoms with Crippen molar-refractivity contribution in [2.24, 2.45) is 0 Å². The van der Waals surface area contributed by atoms with Crippen LogP contribution in [0.15, 0.2) is 30.6 Å². The molecule has 1 aromatic carbocycles. The van der Waals surface area contributed by atoms with E-state index < -0.39 is 0 Å². The number of aromatic nitrogens is 2. The summed E-state index contributed by atoms with van der Waals surface area (Å²) in [4.78, 5) is 21.1. The third-order valence-electron chi connectivity index (χ3n) is 4.90. The predicted molar refractivity (Wildman–Crippen MR) is 103 cm³/mol. The van der Waals surface area contributed by atoms with Gasteiger partial charge in [0.15, 0.2) is 11.5 Å². The van der Waals surface area contributed by atoms with E-state index in [1.807, 2.05) is 0 Å². The Morgan fingerprint density at radius 1 is 0.963 bits per heavy atom. The van der Waals surface area contributed by atoms with E-state index in [0.717, 1.165) is 12.8 Å². The summed E-state index contributed by atoms with van der Waals surface area (Å²) >= 11 is 0. The fourth-order valence-corrected chi connectivity index (χ4v) is 3.45. The standard InChI is InChI=1S/C20H24N4O3/c25-19(23-16-7-8-17-18(11-16)27-10-9-26-17)14-12-21-20(22-13-14)24-15-5-3-1-2-4-6-15/h7-8,11-13,15H,1-6,9-10H2,(H,23,25)(H,21,22,24). The summed E-state index contributed by atoms with van der Waals surface area (Å²) in [6.45, 7) is 1.05. The summed E-state index contributed by atoms with van der Waals surface area (Å²) < 4.78 is 11.0. The first-order valence-electron chi connectivity index (χ1n) is 9.57. The van der Waals surface area contributed by atoms with E-state index in [-0.39, 0.29) is 5.91 Å². The van der Waals surface area contributed by atoms with Gasteiger partial charge < -0.3 is 20.1 Å². The quantitative estimate of drug-likeness (QED) is 0.802. The molecular weight excluding hydrogens is 344 g/mol. The Morgan fingerprint density at radius 3 is 2.41 bits per heavy atom. The van der Waals surface area contributed by atoms with Gasteiger partial charge in [-0.1, -0.05) is 25.7 Å². The molecular formula is C20H24N4O3. The number of amides is 1. The second kappa shape index (κ2) is 8.24. The minimum atomic E-state index is -0.257. The fourth-order valence-electron chi connectivity index (χ4n) is 3.45. The van der Waals surface area contributed by atoms with Crippen molar-refractivity contribution in [3.63, 3.8) is 0 Å². The van der Waals surface area contributed by atoms with E-state index in [2.05, 4.69) is 20.6 Å². The van der Waals surface area contributed by atoms with E-state index in [4.69, 9.17) is 9.47 Å². The molecule has 2 N–H and O–H groups in total.